The monoisotopic (exact) mass is 433 g/mol. The van der Waals surface area contributed by atoms with Gasteiger partial charge in [-0.15, -0.1) is 24.8 Å². The molecule has 7 heteroatoms. The summed E-state index contributed by atoms with van der Waals surface area (Å²) in [7, 11) is 0. The lowest BCUT2D eigenvalue weighted by Crippen LogP contribution is -2.56. The second-order valence-corrected chi connectivity index (χ2v) is 8.35. The minimum Gasteiger partial charge on any atom is -0.368 e. The van der Waals surface area contributed by atoms with Gasteiger partial charge in [0.1, 0.15) is 0 Å². The Morgan fingerprint density at radius 1 is 1.22 bits per heavy atom. The molecule has 3 aliphatic rings. The van der Waals surface area contributed by atoms with Crippen LogP contribution < -0.4 is 10.2 Å². The molecule has 0 saturated carbocycles. The molecule has 0 radical (unpaired) electrons. The molecule has 3 aliphatic heterocycles. The summed E-state index contributed by atoms with van der Waals surface area (Å²) in [5.41, 5.74) is 2.29. The van der Waals surface area contributed by atoms with Crippen molar-refractivity contribution in [2.45, 2.75) is 51.6 Å². The third-order valence-electron chi connectivity index (χ3n) is 6.65. The average molecular weight is 435 g/mol. The molecule has 3 heterocycles. The molecule has 0 spiro atoms. The van der Waals surface area contributed by atoms with E-state index < -0.39 is 0 Å². The Balaban J connectivity index is 0.00000131. The minimum absolute atomic E-state index is 0. The van der Waals surface area contributed by atoms with Crippen molar-refractivity contribution in [2.75, 3.05) is 31.1 Å². The lowest BCUT2D eigenvalue weighted by Gasteiger charge is -2.43. The number of amides is 1. The molecule has 3 saturated heterocycles. The third kappa shape index (κ3) is 3.91. The van der Waals surface area contributed by atoms with Gasteiger partial charge in [0, 0.05) is 49.0 Å². The summed E-state index contributed by atoms with van der Waals surface area (Å²) in [6.45, 7) is 7.69. The second kappa shape index (κ2) is 8.77. The van der Waals surface area contributed by atoms with Crippen molar-refractivity contribution in [1.82, 2.24) is 10.2 Å². The molecule has 0 aromatic heterocycles. The summed E-state index contributed by atoms with van der Waals surface area (Å²) < 4.78 is 0. The van der Waals surface area contributed by atoms with Crippen LogP contribution in [0, 0.1) is 12.3 Å². The zero-order valence-corrected chi connectivity index (χ0v) is 18.4. The predicted octanol–water partition coefficient (Wildman–Crippen LogP) is 4.06. The Bertz CT molecular complexity index is 678. The molecule has 1 N–H and O–H groups in total. The van der Waals surface area contributed by atoms with E-state index in [2.05, 4.69) is 35.0 Å². The largest absolute Gasteiger partial charge is 0.368 e. The molecule has 152 valence electrons. The van der Waals surface area contributed by atoms with Gasteiger partial charge < -0.3 is 15.1 Å². The first-order valence-corrected chi connectivity index (χ1v) is 9.98. The van der Waals surface area contributed by atoms with Gasteiger partial charge in [-0.05, 0) is 50.3 Å². The van der Waals surface area contributed by atoms with E-state index in [1.807, 2.05) is 12.1 Å². The van der Waals surface area contributed by atoms with Gasteiger partial charge in [-0.2, -0.15) is 0 Å². The minimum atomic E-state index is -0.156. The maximum atomic E-state index is 13.4. The number of halogens is 3. The Labute approximate surface area is 179 Å². The number of carbonyl (C=O) groups is 1. The molecule has 4 rings (SSSR count). The van der Waals surface area contributed by atoms with Crippen LogP contribution in [0.1, 0.15) is 38.2 Å². The number of anilines is 1. The Morgan fingerprint density at radius 3 is 2.48 bits per heavy atom. The van der Waals surface area contributed by atoms with E-state index in [-0.39, 0.29) is 30.2 Å². The number of hydrogen-bond donors (Lipinski definition) is 1. The van der Waals surface area contributed by atoms with Crippen LogP contribution in [0.5, 0.6) is 0 Å². The van der Waals surface area contributed by atoms with Gasteiger partial charge in [0.05, 0.1) is 5.41 Å². The molecule has 0 aliphatic carbocycles. The lowest BCUT2D eigenvalue weighted by molar-refractivity contribution is -0.144. The molecule has 4 nitrogen and oxygen atoms in total. The smallest absolute Gasteiger partial charge is 0.230 e. The van der Waals surface area contributed by atoms with Crippen molar-refractivity contribution in [3.8, 4) is 0 Å². The summed E-state index contributed by atoms with van der Waals surface area (Å²) >= 11 is 6.18. The van der Waals surface area contributed by atoms with Crippen LogP contribution in [0.15, 0.2) is 18.2 Å². The van der Waals surface area contributed by atoms with E-state index in [1.54, 1.807) is 0 Å². The Hall–Kier alpha value is -0.680. The molecule has 3 atom stereocenters. The van der Waals surface area contributed by atoms with E-state index in [4.69, 9.17) is 11.6 Å². The zero-order valence-electron chi connectivity index (χ0n) is 16.0. The van der Waals surface area contributed by atoms with Crippen LogP contribution in [0.4, 0.5) is 5.69 Å². The van der Waals surface area contributed by atoms with E-state index >= 15 is 0 Å². The van der Waals surface area contributed by atoms with Gasteiger partial charge in [0.25, 0.3) is 0 Å². The van der Waals surface area contributed by atoms with Crippen molar-refractivity contribution in [3.05, 3.63) is 28.8 Å². The first kappa shape index (κ1) is 22.6. The van der Waals surface area contributed by atoms with Gasteiger partial charge >= 0.3 is 0 Å². The number of benzene rings is 1. The number of rotatable bonds is 3. The number of hydrogen-bond acceptors (Lipinski definition) is 3. The fraction of sp³-hybridized carbons (Fsp3) is 0.650. The highest BCUT2D eigenvalue weighted by Crippen LogP contribution is 2.47. The molecule has 3 fully saturated rings. The van der Waals surface area contributed by atoms with Crippen LogP contribution >= 0.6 is 36.4 Å². The van der Waals surface area contributed by atoms with Gasteiger partial charge in [0.2, 0.25) is 5.91 Å². The van der Waals surface area contributed by atoms with Crippen molar-refractivity contribution >= 4 is 48.0 Å². The molecule has 1 amide bonds. The fourth-order valence-electron chi connectivity index (χ4n) is 5.16. The van der Waals surface area contributed by atoms with E-state index in [9.17, 15) is 4.79 Å². The Morgan fingerprint density at radius 2 is 1.93 bits per heavy atom. The predicted molar refractivity (Wildman–Crippen MR) is 117 cm³/mol. The fourth-order valence-corrected chi connectivity index (χ4v) is 5.33. The first-order chi connectivity index (χ1) is 12.0. The van der Waals surface area contributed by atoms with E-state index in [0.717, 1.165) is 50.5 Å². The zero-order chi connectivity index (χ0) is 17.6. The molecular weight excluding hydrogens is 405 g/mol. The van der Waals surface area contributed by atoms with Crippen molar-refractivity contribution in [1.29, 1.82) is 0 Å². The number of fused-ring (bicyclic) bond motifs is 2. The maximum Gasteiger partial charge on any atom is 0.230 e. The summed E-state index contributed by atoms with van der Waals surface area (Å²) in [6.07, 6.45) is 4.38. The quantitative estimate of drug-likeness (QED) is 0.779. The summed E-state index contributed by atoms with van der Waals surface area (Å²) in [5, 5.41) is 4.44. The number of nitrogens with zero attached hydrogens (tertiary/aromatic N) is 2. The van der Waals surface area contributed by atoms with Gasteiger partial charge in [-0.25, -0.2) is 0 Å². The van der Waals surface area contributed by atoms with Crippen molar-refractivity contribution in [2.24, 2.45) is 5.41 Å². The Kier molecular flexibility index (Phi) is 7.34. The third-order valence-corrected chi connectivity index (χ3v) is 6.89. The maximum absolute atomic E-state index is 13.4. The molecule has 2 bridgehead atoms. The highest BCUT2D eigenvalue weighted by atomic mass is 35.5. The summed E-state index contributed by atoms with van der Waals surface area (Å²) in [6, 6.07) is 7.00. The van der Waals surface area contributed by atoms with Gasteiger partial charge in [-0.1, -0.05) is 24.6 Å². The van der Waals surface area contributed by atoms with Crippen LogP contribution in [0.2, 0.25) is 5.02 Å². The standard InChI is InChI=1S/C20H28ClN3O.2ClH/c1-3-20(13-16-6-7-18(20)22-16)19(25)24-10-8-23(9-11-24)17-12-15(21)5-4-14(17)2;;/h4-5,12,16,18,22H,3,6-11,13H2,1-2H3;2*1H/t16-,18+,20+;;/m0../s1. The molecule has 1 aromatic rings. The highest BCUT2D eigenvalue weighted by Gasteiger charge is 2.55. The first-order valence-electron chi connectivity index (χ1n) is 9.60. The van der Waals surface area contributed by atoms with Crippen LogP contribution in [0.3, 0.4) is 0 Å². The summed E-state index contributed by atoms with van der Waals surface area (Å²) in [4.78, 5) is 17.8. The number of nitrogens with one attached hydrogen (secondary N) is 1. The lowest BCUT2D eigenvalue weighted by atomic mass is 9.70. The number of aryl methyl sites for hydroxylation is 1. The summed E-state index contributed by atoms with van der Waals surface area (Å²) in [5.74, 6) is 0.386. The van der Waals surface area contributed by atoms with Crippen LogP contribution in [-0.2, 0) is 4.79 Å². The van der Waals surface area contributed by atoms with E-state index in [0.29, 0.717) is 18.0 Å². The van der Waals surface area contributed by atoms with Crippen molar-refractivity contribution in [3.63, 3.8) is 0 Å². The normalized spacial score (nSPS) is 29.3. The van der Waals surface area contributed by atoms with Crippen LogP contribution in [-0.4, -0.2) is 49.1 Å². The molecule has 0 unspecified atom stereocenters. The molecule has 1 aromatic carbocycles. The molecule has 27 heavy (non-hydrogen) atoms. The second-order valence-electron chi connectivity index (χ2n) is 7.92. The number of piperazine rings is 1. The van der Waals surface area contributed by atoms with Gasteiger partial charge in [0.15, 0.2) is 0 Å². The van der Waals surface area contributed by atoms with Crippen molar-refractivity contribution < 1.29 is 4.79 Å². The highest BCUT2D eigenvalue weighted by molar-refractivity contribution is 6.30. The van der Waals surface area contributed by atoms with E-state index in [1.165, 1.54) is 17.7 Å². The average Bonchev–Trinajstić information content (AvgIpc) is 3.25. The van der Waals surface area contributed by atoms with Crippen LogP contribution in [0.25, 0.3) is 0 Å². The number of carbonyl (C=O) groups excluding carboxylic acids is 1. The topological polar surface area (TPSA) is 35.6 Å². The van der Waals surface area contributed by atoms with Gasteiger partial charge in [-0.3, -0.25) is 4.79 Å². The SMILES string of the molecule is CC[C@@]1(C(=O)N2CCN(c3cc(Cl)ccc3C)CC2)C[C@@H]2CC[C@H]1N2.Cl.Cl. The molecular formula is C20H30Cl3N3O.